The predicted octanol–water partition coefficient (Wildman–Crippen LogP) is 20.0. The van der Waals surface area contributed by atoms with Crippen LogP contribution in [0.15, 0.2) is 231 Å². The van der Waals surface area contributed by atoms with Gasteiger partial charge in [-0.3, -0.25) is 0 Å². The maximum Gasteiger partial charge on any atom is 0.0641 e. The number of aromatic nitrogens is 2. The molecular formula is C74H54N4. The van der Waals surface area contributed by atoms with Crippen LogP contribution in [0.3, 0.4) is 0 Å². The largest absolute Gasteiger partial charge is 0.309 e. The number of hydrogen-bond donors (Lipinski definition) is 0. The van der Waals surface area contributed by atoms with E-state index in [-0.39, 0.29) is 0 Å². The highest BCUT2D eigenvalue weighted by atomic mass is 15.2. The fourth-order valence-electron chi connectivity index (χ4n) is 14.6. The number of fused-ring (bicyclic) bond motifs is 14. The van der Waals surface area contributed by atoms with Gasteiger partial charge in [0.15, 0.2) is 0 Å². The lowest BCUT2D eigenvalue weighted by atomic mass is 9.86. The number of aryl methyl sites for hydroxylation is 2. The van der Waals surface area contributed by atoms with E-state index in [9.17, 15) is 0 Å². The van der Waals surface area contributed by atoms with Crippen molar-refractivity contribution in [2.75, 3.05) is 9.80 Å². The summed E-state index contributed by atoms with van der Waals surface area (Å²) in [6.45, 7) is 0. The molecule has 0 unspecified atom stereocenters. The van der Waals surface area contributed by atoms with Crippen LogP contribution >= 0.6 is 0 Å². The molecule has 370 valence electrons. The molecule has 0 bridgehead atoms. The molecule has 15 aromatic rings. The standard InChI is InChI=1S/C74H54N4/c1-5-21-47(22-6-1)55-39-37-49-25-13-15-31-53(49)71(55)75(51-27-9-3-10-28-51)65-43-41-57-61-45-68-62(46-67(61)77-63-35-19-17-33-59(63)69(65)73(57)77)58-42-44-66(70-60-34-18-20-36-64(60)78(68)74(58)70)76(52-29-11-4-12-30-52)72-54-32-16-14-26-50(54)38-40-56(72)48-23-7-2-8-24-48/h1-12,17-24,27-30,33-46H,13-16,25-26,31-32H2. The summed E-state index contributed by atoms with van der Waals surface area (Å²) >= 11 is 0. The van der Waals surface area contributed by atoms with Crippen molar-refractivity contribution >= 4 is 110 Å². The average molecular weight is 999 g/mol. The van der Waals surface area contributed by atoms with Gasteiger partial charge in [-0.05, 0) is 145 Å². The SMILES string of the molecule is c1ccc(-c2ccc3c(c2N(c2ccccc2)c2ccc4c5cc6c(cc5n5c7ccccc7c2c45)c2ccc(N(c4ccccc4)c4c(-c5ccccc5)ccc5c4CCCC5)c4c5ccccc5n6c24)CCCC3)cc1. The average Bonchev–Trinajstić information content (AvgIpc) is 3.63. The number of rotatable bonds is 8. The van der Waals surface area contributed by atoms with E-state index < -0.39 is 0 Å². The Kier molecular flexibility index (Phi) is 9.59. The van der Waals surface area contributed by atoms with Crippen LogP contribution in [0.5, 0.6) is 0 Å². The van der Waals surface area contributed by atoms with Crippen LogP contribution in [0.25, 0.3) is 98.4 Å². The molecule has 0 spiro atoms. The minimum absolute atomic E-state index is 1.06. The molecular weight excluding hydrogens is 945 g/mol. The lowest BCUT2D eigenvalue weighted by Gasteiger charge is -2.33. The molecule has 0 aliphatic heterocycles. The Morgan fingerprint density at radius 1 is 0.295 bits per heavy atom. The van der Waals surface area contributed by atoms with Gasteiger partial charge in [0.2, 0.25) is 0 Å². The van der Waals surface area contributed by atoms with Gasteiger partial charge in [-0.15, -0.1) is 0 Å². The molecule has 4 heteroatoms. The van der Waals surface area contributed by atoms with Crippen LogP contribution in [0.1, 0.15) is 47.9 Å². The molecule has 4 nitrogen and oxygen atoms in total. The van der Waals surface area contributed by atoms with Crippen LogP contribution in [-0.2, 0) is 25.7 Å². The maximum absolute atomic E-state index is 2.62. The zero-order valence-corrected chi connectivity index (χ0v) is 43.4. The van der Waals surface area contributed by atoms with Crippen molar-refractivity contribution in [1.82, 2.24) is 8.80 Å². The van der Waals surface area contributed by atoms with Crippen LogP contribution in [0.2, 0.25) is 0 Å². The van der Waals surface area contributed by atoms with Crippen LogP contribution in [0, 0.1) is 0 Å². The minimum atomic E-state index is 1.06. The number of para-hydroxylation sites is 4. The van der Waals surface area contributed by atoms with Crippen LogP contribution in [0.4, 0.5) is 34.1 Å². The van der Waals surface area contributed by atoms with Gasteiger partial charge in [0.25, 0.3) is 0 Å². The summed E-state index contributed by atoms with van der Waals surface area (Å²) in [6.07, 6.45) is 9.17. The number of benzene rings is 11. The first-order valence-corrected chi connectivity index (χ1v) is 28.2. The minimum Gasteiger partial charge on any atom is -0.309 e. The number of anilines is 6. The Labute approximate surface area is 452 Å². The molecule has 0 amide bonds. The zero-order valence-electron chi connectivity index (χ0n) is 43.4. The summed E-state index contributed by atoms with van der Waals surface area (Å²) in [4.78, 5) is 5.24. The quantitative estimate of drug-likeness (QED) is 0.151. The molecule has 0 radical (unpaired) electrons. The van der Waals surface area contributed by atoms with E-state index in [2.05, 4.69) is 249 Å². The van der Waals surface area contributed by atoms with Gasteiger partial charge in [-0.1, -0.05) is 170 Å². The van der Waals surface area contributed by atoms with Gasteiger partial charge >= 0.3 is 0 Å². The van der Waals surface area contributed by atoms with Crippen molar-refractivity contribution in [1.29, 1.82) is 0 Å². The highest BCUT2D eigenvalue weighted by molar-refractivity contribution is 6.32. The molecule has 11 aromatic carbocycles. The van der Waals surface area contributed by atoms with Crippen molar-refractivity contribution in [3.63, 3.8) is 0 Å². The third kappa shape index (κ3) is 6.23. The molecule has 0 saturated heterocycles. The van der Waals surface area contributed by atoms with Gasteiger partial charge in [0, 0.05) is 65.6 Å². The van der Waals surface area contributed by atoms with Gasteiger partial charge in [0.1, 0.15) is 0 Å². The van der Waals surface area contributed by atoms with E-state index in [4.69, 9.17) is 0 Å². The lowest BCUT2D eigenvalue weighted by molar-refractivity contribution is 0.686. The second-order valence-corrected chi connectivity index (χ2v) is 22.0. The summed E-state index contributed by atoms with van der Waals surface area (Å²) in [5, 5.41) is 10.2. The van der Waals surface area contributed by atoms with E-state index in [0.717, 1.165) is 25.7 Å². The molecule has 4 heterocycles. The molecule has 0 saturated carbocycles. The molecule has 17 rings (SSSR count). The predicted molar refractivity (Wildman–Crippen MR) is 329 cm³/mol. The van der Waals surface area contributed by atoms with Gasteiger partial charge in [-0.2, -0.15) is 0 Å². The molecule has 2 aliphatic carbocycles. The summed E-state index contributed by atoms with van der Waals surface area (Å²) in [6, 6.07) is 87.1. The van der Waals surface area contributed by atoms with Gasteiger partial charge < -0.3 is 18.6 Å². The van der Waals surface area contributed by atoms with E-state index in [0.29, 0.717) is 0 Å². The normalized spacial score (nSPS) is 13.7. The molecule has 78 heavy (non-hydrogen) atoms. The maximum atomic E-state index is 2.62. The van der Waals surface area contributed by atoms with E-state index in [1.165, 1.54) is 181 Å². The fraction of sp³-hybridized carbons (Fsp3) is 0.108. The Morgan fingerprint density at radius 2 is 0.679 bits per heavy atom. The molecule has 0 fully saturated rings. The Hall–Kier alpha value is -9.38. The third-order valence-corrected chi connectivity index (χ3v) is 17.9. The van der Waals surface area contributed by atoms with Crippen LogP contribution < -0.4 is 9.80 Å². The first kappa shape index (κ1) is 43.8. The topological polar surface area (TPSA) is 15.3 Å². The Morgan fingerprint density at radius 3 is 1.12 bits per heavy atom. The second kappa shape index (κ2) is 17.1. The molecule has 2 aliphatic rings. The van der Waals surface area contributed by atoms with Gasteiger partial charge in [-0.25, -0.2) is 0 Å². The number of hydrogen-bond acceptors (Lipinski definition) is 2. The summed E-state index contributed by atoms with van der Waals surface area (Å²) in [5.41, 5.74) is 25.8. The molecule has 0 N–H and O–H groups in total. The highest BCUT2D eigenvalue weighted by Gasteiger charge is 2.32. The third-order valence-electron chi connectivity index (χ3n) is 17.9. The summed E-state index contributed by atoms with van der Waals surface area (Å²) in [7, 11) is 0. The molecule has 4 aromatic heterocycles. The van der Waals surface area contributed by atoms with Crippen molar-refractivity contribution < 1.29 is 0 Å². The fourth-order valence-corrected chi connectivity index (χ4v) is 14.6. The van der Waals surface area contributed by atoms with Crippen molar-refractivity contribution in [3.8, 4) is 22.3 Å². The smallest absolute Gasteiger partial charge is 0.0641 e. The monoisotopic (exact) mass is 998 g/mol. The molecule has 0 atom stereocenters. The number of nitrogens with zero attached hydrogens (tertiary/aromatic N) is 4. The highest BCUT2D eigenvalue weighted by Crippen LogP contribution is 2.54. The lowest BCUT2D eigenvalue weighted by Crippen LogP contribution is -2.17. The van der Waals surface area contributed by atoms with E-state index in [1.807, 2.05) is 0 Å². The zero-order chi connectivity index (χ0) is 51.0. The first-order valence-electron chi connectivity index (χ1n) is 28.2. The Bertz CT molecular complexity index is 4530. The first-order chi connectivity index (χ1) is 38.8. The summed E-state index contributed by atoms with van der Waals surface area (Å²) < 4.78 is 5.19. The van der Waals surface area contributed by atoms with Gasteiger partial charge in [0.05, 0.1) is 55.8 Å². The second-order valence-electron chi connectivity index (χ2n) is 22.0. The van der Waals surface area contributed by atoms with Crippen molar-refractivity contribution in [3.05, 3.63) is 253 Å². The summed E-state index contributed by atoms with van der Waals surface area (Å²) in [5.74, 6) is 0. The Balaban J connectivity index is 0.948. The van der Waals surface area contributed by atoms with Crippen molar-refractivity contribution in [2.24, 2.45) is 0 Å². The van der Waals surface area contributed by atoms with E-state index in [1.54, 1.807) is 0 Å². The van der Waals surface area contributed by atoms with E-state index >= 15 is 0 Å². The van der Waals surface area contributed by atoms with Crippen molar-refractivity contribution in [2.45, 2.75) is 51.4 Å². The van der Waals surface area contributed by atoms with Crippen LogP contribution in [-0.4, -0.2) is 8.80 Å².